The molecule has 0 saturated carbocycles. The van der Waals surface area contributed by atoms with Crippen LogP contribution in [0.2, 0.25) is 0 Å². The number of hydrogen-bond acceptors (Lipinski definition) is 3. The third-order valence-electron chi connectivity index (χ3n) is 3.34. The maximum atomic E-state index is 12.0. The minimum absolute atomic E-state index is 0.0552. The predicted molar refractivity (Wildman–Crippen MR) is 76.4 cm³/mol. The molecule has 0 radical (unpaired) electrons. The summed E-state index contributed by atoms with van der Waals surface area (Å²) >= 11 is 0. The SMILES string of the molecule is CC(C)CNC(=O)C1CC(=O)N(c2ccc(O)cc2)C1. The van der Waals surface area contributed by atoms with Gasteiger partial charge in [0.25, 0.3) is 0 Å². The fourth-order valence-electron chi connectivity index (χ4n) is 2.21. The lowest BCUT2D eigenvalue weighted by molar-refractivity contribution is -0.126. The molecular formula is C15H20N2O3. The van der Waals surface area contributed by atoms with Crippen LogP contribution in [0.3, 0.4) is 0 Å². The van der Waals surface area contributed by atoms with Crippen molar-refractivity contribution in [2.75, 3.05) is 18.0 Å². The van der Waals surface area contributed by atoms with Crippen molar-refractivity contribution in [3.8, 4) is 5.75 Å². The number of nitrogens with zero attached hydrogens (tertiary/aromatic N) is 1. The van der Waals surface area contributed by atoms with Gasteiger partial charge in [0.2, 0.25) is 11.8 Å². The summed E-state index contributed by atoms with van der Waals surface area (Å²) in [4.78, 5) is 25.6. The van der Waals surface area contributed by atoms with Gasteiger partial charge in [-0.15, -0.1) is 0 Å². The van der Waals surface area contributed by atoms with E-state index in [0.29, 0.717) is 24.7 Å². The molecule has 0 aliphatic carbocycles. The highest BCUT2D eigenvalue weighted by Gasteiger charge is 2.34. The lowest BCUT2D eigenvalue weighted by Gasteiger charge is -2.17. The highest BCUT2D eigenvalue weighted by atomic mass is 16.3. The van der Waals surface area contributed by atoms with Gasteiger partial charge in [-0.1, -0.05) is 13.8 Å². The number of amides is 2. The number of benzene rings is 1. The molecule has 0 aromatic heterocycles. The van der Waals surface area contributed by atoms with Crippen LogP contribution in [0.1, 0.15) is 20.3 Å². The van der Waals surface area contributed by atoms with Gasteiger partial charge in [-0.3, -0.25) is 9.59 Å². The molecule has 20 heavy (non-hydrogen) atoms. The monoisotopic (exact) mass is 276 g/mol. The zero-order valence-corrected chi connectivity index (χ0v) is 11.8. The first-order valence-corrected chi connectivity index (χ1v) is 6.84. The molecule has 1 aromatic carbocycles. The number of carbonyl (C=O) groups is 2. The van der Waals surface area contributed by atoms with Crippen LogP contribution in [-0.4, -0.2) is 30.0 Å². The normalized spacial score (nSPS) is 18.6. The van der Waals surface area contributed by atoms with Crippen LogP contribution in [0.4, 0.5) is 5.69 Å². The van der Waals surface area contributed by atoms with E-state index in [2.05, 4.69) is 5.32 Å². The van der Waals surface area contributed by atoms with Crippen LogP contribution < -0.4 is 10.2 Å². The Balaban J connectivity index is 2.00. The molecule has 2 amide bonds. The minimum atomic E-state index is -0.296. The highest BCUT2D eigenvalue weighted by molar-refractivity contribution is 6.00. The highest BCUT2D eigenvalue weighted by Crippen LogP contribution is 2.26. The fourth-order valence-corrected chi connectivity index (χ4v) is 2.21. The van der Waals surface area contributed by atoms with Crippen LogP contribution in [-0.2, 0) is 9.59 Å². The van der Waals surface area contributed by atoms with Crippen molar-refractivity contribution in [2.45, 2.75) is 20.3 Å². The van der Waals surface area contributed by atoms with Crippen LogP contribution in [0.5, 0.6) is 5.75 Å². The Bertz CT molecular complexity index is 496. The standard InChI is InChI=1S/C15H20N2O3/c1-10(2)8-16-15(20)11-7-14(19)17(9-11)12-3-5-13(18)6-4-12/h3-6,10-11,18H,7-9H2,1-2H3,(H,16,20). The number of hydrogen-bond donors (Lipinski definition) is 2. The van der Waals surface area contributed by atoms with Crippen molar-refractivity contribution in [1.29, 1.82) is 0 Å². The molecule has 0 bridgehead atoms. The van der Waals surface area contributed by atoms with Gasteiger partial charge in [-0.25, -0.2) is 0 Å². The Morgan fingerprint density at radius 2 is 2.05 bits per heavy atom. The second kappa shape index (κ2) is 5.94. The number of phenolic OH excluding ortho intramolecular Hbond substituents is 1. The first-order chi connectivity index (χ1) is 9.47. The molecule has 108 valence electrons. The molecular weight excluding hydrogens is 256 g/mol. The molecule has 5 heteroatoms. The van der Waals surface area contributed by atoms with Crippen molar-refractivity contribution >= 4 is 17.5 Å². The average Bonchev–Trinajstić information content (AvgIpc) is 2.79. The van der Waals surface area contributed by atoms with Gasteiger partial charge in [0.15, 0.2) is 0 Å². The number of nitrogens with one attached hydrogen (secondary N) is 1. The summed E-state index contributed by atoms with van der Waals surface area (Å²) < 4.78 is 0. The maximum Gasteiger partial charge on any atom is 0.227 e. The Kier molecular flexibility index (Phi) is 4.27. The maximum absolute atomic E-state index is 12.0. The van der Waals surface area contributed by atoms with Gasteiger partial charge < -0.3 is 15.3 Å². The summed E-state index contributed by atoms with van der Waals surface area (Å²) in [5.41, 5.74) is 0.715. The summed E-state index contributed by atoms with van der Waals surface area (Å²) in [6.07, 6.45) is 0.241. The van der Waals surface area contributed by atoms with Crippen LogP contribution in [0.25, 0.3) is 0 Å². The molecule has 0 spiro atoms. The van der Waals surface area contributed by atoms with E-state index < -0.39 is 0 Å². The van der Waals surface area contributed by atoms with E-state index in [0.717, 1.165) is 0 Å². The van der Waals surface area contributed by atoms with Gasteiger partial charge >= 0.3 is 0 Å². The van der Waals surface area contributed by atoms with E-state index in [4.69, 9.17) is 0 Å². The largest absolute Gasteiger partial charge is 0.508 e. The van der Waals surface area contributed by atoms with Crippen molar-refractivity contribution < 1.29 is 14.7 Å². The minimum Gasteiger partial charge on any atom is -0.508 e. The van der Waals surface area contributed by atoms with E-state index in [9.17, 15) is 14.7 Å². The van der Waals surface area contributed by atoms with Gasteiger partial charge in [0, 0.05) is 25.2 Å². The van der Waals surface area contributed by atoms with E-state index in [1.165, 1.54) is 12.1 Å². The predicted octanol–water partition coefficient (Wildman–Crippen LogP) is 1.52. The number of aromatic hydroxyl groups is 1. The summed E-state index contributed by atoms with van der Waals surface area (Å²) in [5, 5.41) is 12.1. The summed E-state index contributed by atoms with van der Waals surface area (Å²) in [7, 11) is 0. The second-order valence-electron chi connectivity index (χ2n) is 5.56. The molecule has 1 unspecified atom stereocenters. The third-order valence-corrected chi connectivity index (χ3v) is 3.34. The van der Waals surface area contributed by atoms with Crippen molar-refractivity contribution in [3.05, 3.63) is 24.3 Å². The molecule has 1 heterocycles. The number of rotatable bonds is 4. The van der Waals surface area contributed by atoms with Crippen LogP contribution in [0.15, 0.2) is 24.3 Å². The molecule has 1 saturated heterocycles. The van der Waals surface area contributed by atoms with E-state index in [1.807, 2.05) is 13.8 Å². The molecule has 1 aliphatic rings. The van der Waals surface area contributed by atoms with Gasteiger partial charge in [-0.05, 0) is 30.2 Å². The molecule has 5 nitrogen and oxygen atoms in total. The fraction of sp³-hybridized carbons (Fsp3) is 0.467. The van der Waals surface area contributed by atoms with Crippen LogP contribution >= 0.6 is 0 Å². The van der Waals surface area contributed by atoms with E-state index in [-0.39, 0.29) is 29.9 Å². The summed E-state index contributed by atoms with van der Waals surface area (Å²) in [6.45, 7) is 5.09. The van der Waals surface area contributed by atoms with Crippen LogP contribution in [0, 0.1) is 11.8 Å². The summed E-state index contributed by atoms with van der Waals surface area (Å²) in [6, 6.07) is 6.44. The Labute approximate surface area is 118 Å². The Morgan fingerprint density at radius 1 is 1.40 bits per heavy atom. The molecule has 2 N–H and O–H groups in total. The van der Waals surface area contributed by atoms with Crippen molar-refractivity contribution in [2.24, 2.45) is 11.8 Å². The van der Waals surface area contributed by atoms with E-state index in [1.54, 1.807) is 17.0 Å². The van der Waals surface area contributed by atoms with Gasteiger partial charge in [0.1, 0.15) is 5.75 Å². The molecule has 2 rings (SSSR count). The summed E-state index contributed by atoms with van der Waals surface area (Å²) in [5.74, 6) is 0.139. The second-order valence-corrected chi connectivity index (χ2v) is 5.56. The zero-order valence-electron chi connectivity index (χ0n) is 11.8. The lowest BCUT2D eigenvalue weighted by Crippen LogP contribution is -2.34. The number of carbonyl (C=O) groups excluding carboxylic acids is 2. The average molecular weight is 276 g/mol. The number of phenols is 1. The Morgan fingerprint density at radius 3 is 2.65 bits per heavy atom. The van der Waals surface area contributed by atoms with E-state index >= 15 is 0 Å². The molecule has 1 aromatic rings. The van der Waals surface area contributed by atoms with Gasteiger partial charge in [0.05, 0.1) is 5.92 Å². The van der Waals surface area contributed by atoms with Gasteiger partial charge in [-0.2, -0.15) is 0 Å². The Hall–Kier alpha value is -2.04. The molecule has 1 aliphatic heterocycles. The van der Waals surface area contributed by atoms with Crippen molar-refractivity contribution in [1.82, 2.24) is 5.32 Å². The quantitative estimate of drug-likeness (QED) is 0.876. The topological polar surface area (TPSA) is 69.6 Å². The zero-order chi connectivity index (χ0) is 14.7. The first-order valence-electron chi connectivity index (χ1n) is 6.84. The number of anilines is 1. The third kappa shape index (κ3) is 3.29. The lowest BCUT2D eigenvalue weighted by atomic mass is 10.1. The molecule has 1 fully saturated rings. The molecule has 1 atom stereocenters. The first kappa shape index (κ1) is 14.4. The smallest absolute Gasteiger partial charge is 0.227 e. The van der Waals surface area contributed by atoms with Crippen molar-refractivity contribution in [3.63, 3.8) is 0 Å².